The number of rotatable bonds is 6. The predicted octanol–water partition coefficient (Wildman–Crippen LogP) is 2.24. The number of aromatic nitrogens is 3. The molecule has 0 aromatic carbocycles. The van der Waals surface area contributed by atoms with Gasteiger partial charge in [-0.05, 0) is 33.9 Å². The topological polar surface area (TPSA) is 110 Å². The van der Waals surface area contributed by atoms with Gasteiger partial charge in [0.25, 0.3) is 5.91 Å². The minimum Gasteiger partial charge on any atom is -0.468 e. The van der Waals surface area contributed by atoms with Gasteiger partial charge in [-0.25, -0.2) is 4.98 Å². The average Bonchev–Trinajstić information content (AvgIpc) is 2.76. The maximum absolute atomic E-state index is 12.5. The molecule has 34 heavy (non-hydrogen) atoms. The second-order valence-electron chi connectivity index (χ2n) is 8.97. The van der Waals surface area contributed by atoms with E-state index in [2.05, 4.69) is 25.2 Å². The Hall–Kier alpha value is -2.99. The highest BCUT2D eigenvalue weighted by Crippen LogP contribution is 2.25. The third-order valence-electron chi connectivity index (χ3n) is 4.35. The second kappa shape index (κ2) is 11.9. The first-order chi connectivity index (χ1) is 15.8. The van der Waals surface area contributed by atoms with Crippen molar-refractivity contribution in [1.29, 1.82) is 0 Å². The number of nitrogens with zero attached hydrogens (tertiary/aromatic N) is 5. The number of alkyl halides is 3. The molecule has 0 bridgehead atoms. The van der Waals surface area contributed by atoms with Crippen molar-refractivity contribution in [2.45, 2.75) is 39.0 Å². The lowest BCUT2D eigenvalue weighted by Gasteiger charge is -2.34. The Morgan fingerprint density at radius 1 is 1.15 bits per heavy atom. The molecule has 188 valence electrons. The molecule has 0 aliphatic carbocycles. The highest BCUT2D eigenvalue weighted by molar-refractivity contribution is 5.91. The lowest BCUT2D eigenvalue weighted by Crippen LogP contribution is -2.45. The van der Waals surface area contributed by atoms with Crippen LogP contribution in [0.3, 0.4) is 0 Å². The van der Waals surface area contributed by atoms with E-state index in [-0.39, 0.29) is 23.7 Å². The zero-order valence-corrected chi connectivity index (χ0v) is 19.9. The Balaban J connectivity index is 0.000000739. The number of hydrogen-bond donors (Lipinski definition) is 2. The Bertz CT molecular complexity index is 907. The lowest BCUT2D eigenvalue weighted by atomic mass is 10.1. The van der Waals surface area contributed by atoms with Crippen molar-refractivity contribution in [3.8, 4) is 5.88 Å². The summed E-state index contributed by atoms with van der Waals surface area (Å²) >= 11 is 0. The molecular weight excluding hydrogens is 451 g/mol. The highest BCUT2D eigenvalue weighted by Gasteiger charge is 2.29. The number of carbonyl (C=O) groups is 1. The number of hydrogen-bond acceptors (Lipinski definition) is 8. The highest BCUT2D eigenvalue weighted by atomic mass is 19.4. The predicted molar refractivity (Wildman–Crippen MR) is 123 cm³/mol. The fourth-order valence-electron chi connectivity index (χ4n) is 2.81. The summed E-state index contributed by atoms with van der Waals surface area (Å²) in [5.74, 6) is -0.0164. The molecule has 1 fully saturated rings. The monoisotopic (exact) mass is 483 g/mol. The molecule has 1 aliphatic rings. The smallest absolute Gasteiger partial charge is 0.422 e. The van der Waals surface area contributed by atoms with E-state index in [1.54, 1.807) is 6.07 Å². The van der Waals surface area contributed by atoms with Gasteiger partial charge in [0.1, 0.15) is 11.5 Å². The van der Waals surface area contributed by atoms with Crippen LogP contribution in [0.25, 0.3) is 0 Å². The quantitative estimate of drug-likeness (QED) is 0.644. The first-order valence-corrected chi connectivity index (χ1v) is 10.8. The molecule has 3 rings (SSSR count). The molecule has 1 amide bonds. The number of ether oxygens (including phenoxy) is 1. The van der Waals surface area contributed by atoms with E-state index in [1.807, 2.05) is 32.7 Å². The van der Waals surface area contributed by atoms with Gasteiger partial charge in [-0.3, -0.25) is 9.78 Å². The van der Waals surface area contributed by atoms with Crippen LogP contribution in [0.2, 0.25) is 0 Å². The number of halogens is 3. The van der Waals surface area contributed by atoms with Crippen LogP contribution in [0.5, 0.6) is 5.88 Å². The van der Waals surface area contributed by atoms with Gasteiger partial charge < -0.3 is 25.6 Å². The Morgan fingerprint density at radius 3 is 2.35 bits per heavy atom. The van der Waals surface area contributed by atoms with Crippen molar-refractivity contribution in [2.24, 2.45) is 5.73 Å². The number of carbonyl (C=O) groups excluding carboxylic acids is 1. The number of pyridine rings is 1. The zero-order valence-electron chi connectivity index (χ0n) is 19.9. The van der Waals surface area contributed by atoms with Crippen molar-refractivity contribution < 1.29 is 22.7 Å². The summed E-state index contributed by atoms with van der Waals surface area (Å²) in [6.07, 6.45) is -0.215. The standard InChI is InChI=1S/C18H21F3N6O2.C4H11N/c1-26-6-8-27(9-7-26)16-13(2-3-15(25-16)29-12-18(19,20)21)10-24-17(28)14-11-22-4-5-23-14;1-4(2,3)5/h2-5,11H,6-10,12H2,1H3,(H,24,28);5H2,1-3H3. The summed E-state index contributed by atoms with van der Waals surface area (Å²) in [4.78, 5) is 28.4. The molecule has 0 saturated carbocycles. The summed E-state index contributed by atoms with van der Waals surface area (Å²) in [6.45, 7) is 7.54. The van der Waals surface area contributed by atoms with E-state index >= 15 is 0 Å². The molecule has 0 spiro atoms. The van der Waals surface area contributed by atoms with Crippen LogP contribution in [0.1, 0.15) is 36.8 Å². The van der Waals surface area contributed by atoms with Gasteiger partial charge in [0, 0.05) is 62.3 Å². The largest absolute Gasteiger partial charge is 0.468 e. The number of likely N-dealkylation sites (N-methyl/N-ethyl adjacent to an activating group) is 1. The van der Waals surface area contributed by atoms with E-state index in [0.717, 1.165) is 13.1 Å². The van der Waals surface area contributed by atoms with E-state index < -0.39 is 18.7 Å². The van der Waals surface area contributed by atoms with Gasteiger partial charge in [0.15, 0.2) is 6.61 Å². The summed E-state index contributed by atoms with van der Waals surface area (Å²) in [7, 11) is 2.00. The maximum atomic E-state index is 12.5. The molecule has 1 aliphatic heterocycles. The van der Waals surface area contributed by atoms with Crippen LogP contribution < -0.4 is 20.7 Å². The molecule has 3 N–H and O–H groups in total. The third-order valence-corrected chi connectivity index (χ3v) is 4.35. The molecule has 9 nitrogen and oxygen atoms in total. The summed E-state index contributed by atoms with van der Waals surface area (Å²) < 4.78 is 42.2. The van der Waals surface area contributed by atoms with Crippen molar-refractivity contribution in [2.75, 3.05) is 44.7 Å². The maximum Gasteiger partial charge on any atom is 0.422 e. The van der Waals surface area contributed by atoms with E-state index in [1.165, 1.54) is 24.7 Å². The van der Waals surface area contributed by atoms with E-state index in [9.17, 15) is 18.0 Å². The van der Waals surface area contributed by atoms with Crippen LogP contribution in [-0.4, -0.2) is 77.3 Å². The Kier molecular flexibility index (Phi) is 9.56. The molecule has 1 saturated heterocycles. The normalized spacial score (nSPS) is 14.8. The number of anilines is 1. The van der Waals surface area contributed by atoms with Crippen LogP contribution >= 0.6 is 0 Å². The average molecular weight is 484 g/mol. The molecular formula is C22H32F3N7O2. The van der Waals surface area contributed by atoms with Gasteiger partial charge in [-0.2, -0.15) is 18.2 Å². The van der Waals surface area contributed by atoms with Crippen LogP contribution in [0, 0.1) is 0 Å². The number of nitrogens with two attached hydrogens (primary N) is 1. The van der Waals surface area contributed by atoms with Crippen molar-refractivity contribution in [3.05, 3.63) is 42.0 Å². The van der Waals surface area contributed by atoms with Crippen LogP contribution in [0.15, 0.2) is 30.7 Å². The molecule has 12 heteroatoms. The molecule has 2 aromatic rings. The van der Waals surface area contributed by atoms with Crippen LogP contribution in [0.4, 0.5) is 19.0 Å². The Labute approximate surface area is 197 Å². The number of amides is 1. The fraction of sp³-hybridized carbons (Fsp3) is 0.545. The van der Waals surface area contributed by atoms with Crippen molar-refractivity contribution in [3.63, 3.8) is 0 Å². The zero-order chi connectivity index (χ0) is 25.4. The van der Waals surface area contributed by atoms with Crippen molar-refractivity contribution >= 4 is 11.7 Å². The summed E-state index contributed by atoms with van der Waals surface area (Å²) in [6, 6.07) is 2.98. The minimum absolute atomic E-state index is 0. The van der Waals surface area contributed by atoms with Gasteiger partial charge in [-0.15, -0.1) is 0 Å². The van der Waals surface area contributed by atoms with Crippen LogP contribution in [-0.2, 0) is 6.54 Å². The SMILES string of the molecule is CC(C)(C)N.CN1CCN(c2nc(OCC(F)(F)F)ccc2CNC(=O)c2cnccn2)CC1. The summed E-state index contributed by atoms with van der Waals surface area (Å²) in [5, 5.41) is 2.74. The first-order valence-electron chi connectivity index (χ1n) is 10.8. The van der Waals surface area contributed by atoms with E-state index in [4.69, 9.17) is 10.5 Å². The van der Waals surface area contributed by atoms with Gasteiger partial charge in [-0.1, -0.05) is 0 Å². The lowest BCUT2D eigenvalue weighted by molar-refractivity contribution is -0.154. The fourth-order valence-corrected chi connectivity index (χ4v) is 2.81. The van der Waals surface area contributed by atoms with Gasteiger partial charge in [0.2, 0.25) is 5.88 Å². The number of nitrogens with one attached hydrogen (secondary N) is 1. The summed E-state index contributed by atoms with van der Waals surface area (Å²) in [5.41, 5.74) is 6.20. The molecule has 0 radical (unpaired) electrons. The molecule has 3 heterocycles. The number of piperazine rings is 1. The first kappa shape index (κ1) is 27.3. The molecule has 0 atom stereocenters. The third kappa shape index (κ3) is 10.3. The van der Waals surface area contributed by atoms with Gasteiger partial charge >= 0.3 is 6.18 Å². The van der Waals surface area contributed by atoms with Gasteiger partial charge in [0.05, 0.1) is 6.20 Å². The van der Waals surface area contributed by atoms with Crippen molar-refractivity contribution in [1.82, 2.24) is 25.2 Å². The minimum atomic E-state index is -4.45. The molecule has 0 unspecified atom stereocenters. The molecule has 2 aromatic heterocycles. The second-order valence-corrected chi connectivity index (χ2v) is 8.97. The Morgan fingerprint density at radius 2 is 1.79 bits per heavy atom. The van der Waals surface area contributed by atoms with E-state index in [0.29, 0.717) is 24.5 Å².